The van der Waals surface area contributed by atoms with Crippen molar-refractivity contribution in [3.05, 3.63) is 52.2 Å². The van der Waals surface area contributed by atoms with Gasteiger partial charge in [-0.25, -0.2) is 0 Å². The molecule has 0 saturated carbocycles. The molecule has 1 unspecified atom stereocenters. The van der Waals surface area contributed by atoms with E-state index in [1.165, 1.54) is 16.8 Å². The van der Waals surface area contributed by atoms with E-state index in [2.05, 4.69) is 58.2 Å². The van der Waals surface area contributed by atoms with Crippen LogP contribution in [-0.2, 0) is 13.0 Å². The van der Waals surface area contributed by atoms with Gasteiger partial charge in [0, 0.05) is 24.9 Å². The van der Waals surface area contributed by atoms with E-state index in [1.807, 2.05) is 0 Å². The summed E-state index contributed by atoms with van der Waals surface area (Å²) >= 11 is 1.76. The molecule has 0 aliphatic carbocycles. The van der Waals surface area contributed by atoms with Crippen LogP contribution >= 0.6 is 11.3 Å². The highest BCUT2D eigenvalue weighted by Gasteiger charge is 2.18. The Kier molecular flexibility index (Phi) is 6.30. The molecule has 3 nitrogen and oxygen atoms in total. The van der Waals surface area contributed by atoms with Gasteiger partial charge in [0.1, 0.15) is 0 Å². The Morgan fingerprint density at radius 2 is 2.08 bits per heavy atom. The SMILES string of the molecule is CC(Cc1ccsc1)Nc1cccc(CN2CCC(CO)CC2)c1. The predicted molar refractivity (Wildman–Crippen MR) is 103 cm³/mol. The number of nitrogens with zero attached hydrogens (tertiary/aromatic N) is 1. The van der Waals surface area contributed by atoms with Crippen LogP contribution in [-0.4, -0.2) is 35.7 Å². The largest absolute Gasteiger partial charge is 0.396 e. The third-order valence-electron chi connectivity index (χ3n) is 4.83. The van der Waals surface area contributed by atoms with Crippen LogP contribution in [0.5, 0.6) is 0 Å². The average Bonchev–Trinajstić information content (AvgIpc) is 3.08. The summed E-state index contributed by atoms with van der Waals surface area (Å²) in [5.74, 6) is 0.507. The number of benzene rings is 1. The van der Waals surface area contributed by atoms with E-state index in [-0.39, 0.29) is 0 Å². The van der Waals surface area contributed by atoms with E-state index in [4.69, 9.17) is 0 Å². The molecule has 0 amide bonds. The lowest BCUT2D eigenvalue weighted by atomic mass is 9.97. The van der Waals surface area contributed by atoms with Crippen molar-refractivity contribution >= 4 is 17.0 Å². The number of aliphatic hydroxyl groups is 1. The number of likely N-dealkylation sites (tertiary alicyclic amines) is 1. The first-order valence-corrected chi connectivity index (χ1v) is 9.87. The highest BCUT2D eigenvalue weighted by Crippen LogP contribution is 2.20. The summed E-state index contributed by atoms with van der Waals surface area (Å²) in [6.07, 6.45) is 3.29. The van der Waals surface area contributed by atoms with Crippen molar-refractivity contribution in [3.63, 3.8) is 0 Å². The van der Waals surface area contributed by atoms with Crippen LogP contribution in [0.2, 0.25) is 0 Å². The van der Waals surface area contributed by atoms with Crippen molar-refractivity contribution in [2.24, 2.45) is 5.92 Å². The lowest BCUT2D eigenvalue weighted by molar-refractivity contribution is 0.127. The van der Waals surface area contributed by atoms with Gasteiger partial charge < -0.3 is 10.4 Å². The van der Waals surface area contributed by atoms with Crippen molar-refractivity contribution in [2.75, 3.05) is 25.0 Å². The van der Waals surface area contributed by atoms with Crippen molar-refractivity contribution in [1.82, 2.24) is 4.90 Å². The second-order valence-corrected chi connectivity index (χ2v) is 7.76. The van der Waals surface area contributed by atoms with Crippen LogP contribution < -0.4 is 5.32 Å². The third-order valence-corrected chi connectivity index (χ3v) is 5.57. The van der Waals surface area contributed by atoms with Gasteiger partial charge in [-0.15, -0.1) is 0 Å². The molecule has 1 aliphatic heterocycles. The molecule has 24 heavy (non-hydrogen) atoms. The number of rotatable bonds is 7. The molecule has 4 heteroatoms. The number of piperidine rings is 1. The predicted octanol–water partition coefficient (Wildman–Crippen LogP) is 4.00. The Hall–Kier alpha value is -1.36. The normalized spacial score (nSPS) is 17.8. The van der Waals surface area contributed by atoms with E-state index in [9.17, 15) is 5.11 Å². The Labute approximate surface area is 149 Å². The minimum Gasteiger partial charge on any atom is -0.396 e. The number of hydrogen-bond acceptors (Lipinski definition) is 4. The summed E-state index contributed by atoms with van der Waals surface area (Å²) in [4.78, 5) is 2.50. The fraction of sp³-hybridized carbons (Fsp3) is 0.500. The van der Waals surface area contributed by atoms with Gasteiger partial charge in [-0.2, -0.15) is 11.3 Å². The van der Waals surface area contributed by atoms with E-state index >= 15 is 0 Å². The van der Waals surface area contributed by atoms with Gasteiger partial charge in [0.25, 0.3) is 0 Å². The lowest BCUT2D eigenvalue weighted by Gasteiger charge is -2.31. The number of nitrogens with one attached hydrogen (secondary N) is 1. The minimum absolute atomic E-state index is 0.343. The van der Waals surface area contributed by atoms with Crippen LogP contribution in [0.25, 0.3) is 0 Å². The van der Waals surface area contributed by atoms with Crippen LogP contribution in [0.3, 0.4) is 0 Å². The Morgan fingerprint density at radius 1 is 1.25 bits per heavy atom. The molecule has 130 valence electrons. The molecular formula is C20H28N2OS. The van der Waals surface area contributed by atoms with Crippen LogP contribution in [0.4, 0.5) is 5.69 Å². The maximum Gasteiger partial charge on any atom is 0.0460 e. The molecule has 0 spiro atoms. The molecule has 0 radical (unpaired) electrons. The first-order chi connectivity index (χ1) is 11.7. The van der Waals surface area contributed by atoms with E-state index in [1.54, 1.807) is 11.3 Å². The highest BCUT2D eigenvalue weighted by molar-refractivity contribution is 7.07. The van der Waals surface area contributed by atoms with Crippen LogP contribution in [0.15, 0.2) is 41.1 Å². The molecule has 1 atom stereocenters. The first-order valence-electron chi connectivity index (χ1n) is 8.92. The summed E-state index contributed by atoms with van der Waals surface area (Å²) in [5, 5.41) is 17.2. The molecular weight excluding hydrogens is 316 g/mol. The first kappa shape index (κ1) is 17.5. The molecule has 2 heterocycles. The van der Waals surface area contributed by atoms with Gasteiger partial charge in [0.05, 0.1) is 0 Å². The molecule has 1 aromatic carbocycles. The monoisotopic (exact) mass is 344 g/mol. The van der Waals surface area contributed by atoms with Crippen molar-refractivity contribution in [3.8, 4) is 0 Å². The van der Waals surface area contributed by atoms with Gasteiger partial charge >= 0.3 is 0 Å². The molecule has 1 aliphatic rings. The quantitative estimate of drug-likeness (QED) is 0.797. The van der Waals surface area contributed by atoms with E-state index in [0.29, 0.717) is 18.6 Å². The third kappa shape index (κ3) is 5.07. The number of aliphatic hydroxyl groups excluding tert-OH is 1. The zero-order valence-corrected chi connectivity index (χ0v) is 15.3. The highest BCUT2D eigenvalue weighted by atomic mass is 32.1. The number of hydrogen-bond donors (Lipinski definition) is 2. The Bertz CT molecular complexity index is 606. The van der Waals surface area contributed by atoms with Gasteiger partial charge in [0.2, 0.25) is 0 Å². The lowest BCUT2D eigenvalue weighted by Crippen LogP contribution is -2.34. The second-order valence-electron chi connectivity index (χ2n) is 6.98. The summed E-state index contributed by atoms with van der Waals surface area (Å²) in [6, 6.07) is 11.4. The maximum absolute atomic E-state index is 9.25. The Morgan fingerprint density at radius 3 is 2.79 bits per heavy atom. The van der Waals surface area contributed by atoms with E-state index < -0.39 is 0 Å². The number of anilines is 1. The summed E-state index contributed by atoms with van der Waals surface area (Å²) in [6.45, 7) is 5.78. The standard InChI is InChI=1S/C20H28N2OS/c1-16(11-19-7-10-24-15-19)21-20-4-2-3-18(12-20)13-22-8-5-17(14-23)6-9-22/h2-4,7,10,12,15-17,21,23H,5-6,8-9,11,13-14H2,1H3. The van der Waals surface area contributed by atoms with Gasteiger partial charge in [-0.1, -0.05) is 12.1 Å². The molecule has 3 rings (SSSR count). The van der Waals surface area contributed by atoms with Gasteiger partial charge in [-0.05, 0) is 85.3 Å². The zero-order chi connectivity index (χ0) is 16.8. The average molecular weight is 345 g/mol. The summed E-state index contributed by atoms with van der Waals surface area (Å²) in [7, 11) is 0. The second kappa shape index (κ2) is 8.65. The molecule has 2 aromatic rings. The van der Waals surface area contributed by atoms with Crippen molar-refractivity contribution < 1.29 is 5.11 Å². The van der Waals surface area contributed by atoms with Crippen molar-refractivity contribution in [2.45, 2.75) is 38.8 Å². The van der Waals surface area contributed by atoms with E-state index in [0.717, 1.165) is 38.9 Å². The fourth-order valence-corrected chi connectivity index (χ4v) is 4.12. The molecule has 1 aromatic heterocycles. The number of thiophene rings is 1. The minimum atomic E-state index is 0.343. The molecule has 2 N–H and O–H groups in total. The zero-order valence-electron chi connectivity index (χ0n) is 14.4. The van der Waals surface area contributed by atoms with Crippen LogP contribution in [0.1, 0.15) is 30.9 Å². The van der Waals surface area contributed by atoms with Crippen LogP contribution in [0, 0.1) is 5.92 Å². The fourth-order valence-electron chi connectivity index (χ4n) is 3.44. The van der Waals surface area contributed by atoms with Gasteiger partial charge in [-0.3, -0.25) is 4.90 Å². The summed E-state index contributed by atoms with van der Waals surface area (Å²) in [5.41, 5.74) is 3.98. The smallest absolute Gasteiger partial charge is 0.0460 e. The Balaban J connectivity index is 1.52. The molecule has 1 fully saturated rings. The molecule has 0 bridgehead atoms. The molecule has 1 saturated heterocycles. The van der Waals surface area contributed by atoms with Gasteiger partial charge in [0.15, 0.2) is 0 Å². The summed E-state index contributed by atoms with van der Waals surface area (Å²) < 4.78 is 0. The topological polar surface area (TPSA) is 35.5 Å². The maximum atomic E-state index is 9.25. The van der Waals surface area contributed by atoms with Crippen molar-refractivity contribution in [1.29, 1.82) is 0 Å².